The minimum Gasteiger partial charge on any atom is -0.477 e. The molecule has 0 bridgehead atoms. The van der Waals surface area contributed by atoms with E-state index < -0.39 is 28.8 Å². The molecule has 0 aromatic carbocycles. The van der Waals surface area contributed by atoms with Crippen molar-refractivity contribution in [1.29, 1.82) is 0 Å². The molecule has 0 saturated heterocycles. The van der Waals surface area contributed by atoms with Crippen molar-refractivity contribution < 1.29 is 19.8 Å². The SMILES string of the molecule is O=C(O)c1[nH]c(C(=O)O)c(I)c(=O)c1I. The molecule has 1 aromatic rings. The van der Waals surface area contributed by atoms with Crippen molar-refractivity contribution in [2.75, 3.05) is 0 Å². The van der Waals surface area contributed by atoms with E-state index in [2.05, 4.69) is 4.98 Å². The zero-order chi connectivity index (χ0) is 11.7. The number of carboxylic acid groups (broad SMARTS) is 2. The Balaban J connectivity index is 3.67. The summed E-state index contributed by atoms with van der Waals surface area (Å²) in [6.07, 6.45) is 0. The summed E-state index contributed by atoms with van der Waals surface area (Å²) in [6, 6.07) is 0. The summed E-state index contributed by atoms with van der Waals surface area (Å²) in [5, 5.41) is 17.4. The minimum absolute atomic E-state index is 0.0329. The van der Waals surface area contributed by atoms with E-state index in [9.17, 15) is 14.4 Å². The lowest BCUT2D eigenvalue weighted by molar-refractivity contribution is 0.0683. The van der Waals surface area contributed by atoms with Gasteiger partial charge in [-0.05, 0) is 45.2 Å². The third-order valence-corrected chi connectivity index (χ3v) is 3.57. The molecule has 0 aliphatic rings. The molecular weight excluding hydrogens is 432 g/mol. The van der Waals surface area contributed by atoms with Gasteiger partial charge in [0.15, 0.2) is 0 Å². The molecule has 1 heterocycles. The largest absolute Gasteiger partial charge is 0.477 e. The predicted octanol–water partition coefficient (Wildman–Crippen LogP) is 0.980. The van der Waals surface area contributed by atoms with Crippen LogP contribution in [0.15, 0.2) is 4.79 Å². The first-order valence-corrected chi connectivity index (χ1v) is 5.60. The number of hydrogen-bond acceptors (Lipinski definition) is 3. The maximum Gasteiger partial charge on any atom is 0.353 e. The summed E-state index contributed by atoms with van der Waals surface area (Å²) in [4.78, 5) is 35.0. The van der Waals surface area contributed by atoms with Gasteiger partial charge in [0, 0.05) is 0 Å². The first kappa shape index (κ1) is 12.4. The normalized spacial score (nSPS) is 10.0. The fourth-order valence-electron chi connectivity index (χ4n) is 0.853. The van der Waals surface area contributed by atoms with Gasteiger partial charge in [0.25, 0.3) is 0 Å². The van der Waals surface area contributed by atoms with Gasteiger partial charge in [0.05, 0.1) is 7.14 Å². The molecule has 80 valence electrons. The van der Waals surface area contributed by atoms with E-state index in [1.54, 1.807) is 45.2 Å². The standard InChI is InChI=1S/C7H3I2NO5/c8-1-3(6(12)13)10-4(7(14)15)2(9)5(1)11/h(H,10,11)(H,12,13)(H,14,15). The van der Waals surface area contributed by atoms with Crippen LogP contribution in [0.1, 0.15) is 21.0 Å². The van der Waals surface area contributed by atoms with Gasteiger partial charge >= 0.3 is 11.9 Å². The predicted molar refractivity (Wildman–Crippen MR) is 66.4 cm³/mol. The number of hydrogen-bond donors (Lipinski definition) is 3. The van der Waals surface area contributed by atoms with Gasteiger partial charge in [-0.15, -0.1) is 0 Å². The van der Waals surface area contributed by atoms with Crippen LogP contribution in [0.4, 0.5) is 0 Å². The highest BCUT2D eigenvalue weighted by Crippen LogP contribution is 2.12. The number of pyridine rings is 1. The van der Waals surface area contributed by atoms with Crippen molar-refractivity contribution in [2.24, 2.45) is 0 Å². The van der Waals surface area contributed by atoms with Gasteiger partial charge in [-0.1, -0.05) is 0 Å². The molecule has 1 aromatic heterocycles. The number of aromatic amines is 1. The highest BCUT2D eigenvalue weighted by atomic mass is 127. The molecule has 0 atom stereocenters. The van der Waals surface area contributed by atoms with Gasteiger partial charge < -0.3 is 15.2 Å². The zero-order valence-electron chi connectivity index (χ0n) is 6.88. The molecule has 0 radical (unpaired) electrons. The molecule has 15 heavy (non-hydrogen) atoms. The molecule has 0 spiro atoms. The average Bonchev–Trinajstić information content (AvgIpc) is 2.13. The first-order chi connectivity index (χ1) is 6.86. The maximum absolute atomic E-state index is 11.5. The van der Waals surface area contributed by atoms with Crippen LogP contribution < -0.4 is 5.43 Å². The number of aromatic nitrogens is 1. The van der Waals surface area contributed by atoms with E-state index in [-0.39, 0.29) is 7.14 Å². The van der Waals surface area contributed by atoms with Crippen LogP contribution in [0, 0.1) is 7.14 Å². The number of aromatic carboxylic acids is 2. The lowest BCUT2D eigenvalue weighted by Gasteiger charge is -2.03. The molecular formula is C7H3I2NO5. The monoisotopic (exact) mass is 435 g/mol. The summed E-state index contributed by atoms with van der Waals surface area (Å²) in [5.74, 6) is -2.73. The van der Waals surface area contributed by atoms with Crippen LogP contribution in [0.25, 0.3) is 0 Å². The van der Waals surface area contributed by atoms with Crippen LogP contribution in [0.5, 0.6) is 0 Å². The molecule has 0 saturated carbocycles. The Morgan fingerprint density at radius 2 is 1.33 bits per heavy atom. The molecule has 0 aliphatic heterocycles. The Bertz CT molecular complexity index is 466. The fraction of sp³-hybridized carbons (Fsp3) is 0. The van der Waals surface area contributed by atoms with E-state index in [4.69, 9.17) is 10.2 Å². The van der Waals surface area contributed by atoms with Crippen LogP contribution in [-0.2, 0) is 0 Å². The number of nitrogens with one attached hydrogen (secondary N) is 1. The summed E-state index contributed by atoms with van der Waals surface area (Å²) >= 11 is 3.13. The topological polar surface area (TPSA) is 107 Å². The molecule has 6 nitrogen and oxygen atoms in total. The van der Waals surface area contributed by atoms with Crippen molar-refractivity contribution in [3.05, 3.63) is 28.8 Å². The average molecular weight is 435 g/mol. The van der Waals surface area contributed by atoms with Crippen molar-refractivity contribution in [3.8, 4) is 0 Å². The van der Waals surface area contributed by atoms with Crippen molar-refractivity contribution >= 4 is 57.1 Å². The first-order valence-electron chi connectivity index (χ1n) is 3.44. The Kier molecular flexibility index (Phi) is 3.70. The fourth-order valence-corrected chi connectivity index (χ4v) is 2.64. The quantitative estimate of drug-likeness (QED) is 0.601. The Labute approximate surface area is 110 Å². The summed E-state index contributed by atoms with van der Waals surface area (Å²) in [6.45, 7) is 0. The maximum atomic E-state index is 11.5. The molecule has 0 amide bonds. The van der Waals surface area contributed by atoms with E-state index >= 15 is 0 Å². The second-order valence-corrected chi connectivity index (χ2v) is 4.60. The van der Waals surface area contributed by atoms with Crippen LogP contribution in [0.3, 0.4) is 0 Å². The molecule has 0 fully saturated rings. The highest BCUT2D eigenvalue weighted by molar-refractivity contribution is 14.1. The highest BCUT2D eigenvalue weighted by Gasteiger charge is 2.20. The van der Waals surface area contributed by atoms with Crippen molar-refractivity contribution in [1.82, 2.24) is 4.98 Å². The van der Waals surface area contributed by atoms with Gasteiger partial charge in [0.1, 0.15) is 11.4 Å². The lowest BCUT2D eigenvalue weighted by atomic mass is 10.3. The van der Waals surface area contributed by atoms with Crippen LogP contribution in [-0.4, -0.2) is 27.1 Å². The smallest absolute Gasteiger partial charge is 0.353 e. The van der Waals surface area contributed by atoms with Gasteiger partial charge in [-0.25, -0.2) is 9.59 Å². The lowest BCUT2D eigenvalue weighted by Crippen LogP contribution is -2.22. The molecule has 0 aliphatic carbocycles. The van der Waals surface area contributed by atoms with Crippen LogP contribution >= 0.6 is 45.2 Å². The molecule has 3 N–H and O–H groups in total. The summed E-state index contributed by atoms with van der Waals surface area (Å²) < 4.78 is -0.0657. The van der Waals surface area contributed by atoms with Gasteiger partial charge in [0.2, 0.25) is 5.43 Å². The summed E-state index contributed by atoms with van der Waals surface area (Å²) in [5.41, 5.74) is -1.40. The Morgan fingerprint density at radius 3 is 1.60 bits per heavy atom. The van der Waals surface area contributed by atoms with Gasteiger partial charge in [-0.3, -0.25) is 4.79 Å². The zero-order valence-corrected chi connectivity index (χ0v) is 11.2. The van der Waals surface area contributed by atoms with E-state index in [0.717, 1.165) is 0 Å². The third-order valence-electron chi connectivity index (χ3n) is 1.52. The second kappa shape index (κ2) is 4.47. The van der Waals surface area contributed by atoms with Crippen LogP contribution in [0.2, 0.25) is 0 Å². The van der Waals surface area contributed by atoms with E-state index in [1.165, 1.54) is 0 Å². The number of carbonyl (C=O) groups is 2. The molecule has 8 heteroatoms. The van der Waals surface area contributed by atoms with Crippen molar-refractivity contribution in [2.45, 2.75) is 0 Å². The number of rotatable bonds is 2. The van der Waals surface area contributed by atoms with E-state index in [0.29, 0.717) is 0 Å². The molecule has 0 unspecified atom stereocenters. The minimum atomic E-state index is -1.37. The second-order valence-electron chi connectivity index (χ2n) is 2.44. The van der Waals surface area contributed by atoms with Gasteiger partial charge in [-0.2, -0.15) is 0 Å². The number of H-pyrrole nitrogens is 1. The number of carboxylic acids is 2. The summed E-state index contributed by atoms with van der Waals surface area (Å²) in [7, 11) is 0. The Morgan fingerprint density at radius 1 is 1.00 bits per heavy atom. The van der Waals surface area contributed by atoms with Crippen molar-refractivity contribution in [3.63, 3.8) is 0 Å². The molecule has 1 rings (SSSR count). The third kappa shape index (κ3) is 2.30. The van der Waals surface area contributed by atoms with E-state index in [1.807, 2.05) is 0 Å². The number of halogens is 2. The Hall–Kier alpha value is -0.650.